The molecule has 0 aliphatic carbocycles. The number of nitrogens with zero attached hydrogens (tertiary/aromatic N) is 3. The van der Waals surface area contributed by atoms with Crippen LogP contribution in [0.3, 0.4) is 0 Å². The van der Waals surface area contributed by atoms with E-state index in [1.165, 1.54) is 0 Å². The van der Waals surface area contributed by atoms with Gasteiger partial charge in [-0.3, -0.25) is 0 Å². The molecule has 3 aromatic carbocycles. The van der Waals surface area contributed by atoms with E-state index in [9.17, 15) is 4.79 Å². The van der Waals surface area contributed by atoms with Crippen LogP contribution in [-0.4, -0.2) is 18.7 Å². The number of hydrogen-bond acceptors (Lipinski definition) is 2. The van der Waals surface area contributed by atoms with Crippen LogP contribution in [0.5, 0.6) is 0 Å². The van der Waals surface area contributed by atoms with Crippen LogP contribution < -0.4 is 15.2 Å². The van der Waals surface area contributed by atoms with E-state index in [0.717, 1.165) is 28.3 Å². The molecule has 148 valence electrons. The maximum atomic E-state index is 13.4. The zero-order valence-corrected chi connectivity index (χ0v) is 17.1. The van der Waals surface area contributed by atoms with Crippen molar-refractivity contribution in [3.05, 3.63) is 119 Å². The summed E-state index contributed by atoms with van der Waals surface area (Å²) in [6, 6.07) is 29.7. The Morgan fingerprint density at radius 2 is 1.40 bits per heavy atom. The molecule has 4 aromatic rings. The molecule has 0 atom stereocenters. The van der Waals surface area contributed by atoms with Crippen LogP contribution in [0.2, 0.25) is 0 Å². The van der Waals surface area contributed by atoms with Crippen molar-refractivity contribution in [2.45, 2.75) is 0 Å². The van der Waals surface area contributed by atoms with Crippen LogP contribution in [0.15, 0.2) is 102 Å². The summed E-state index contributed by atoms with van der Waals surface area (Å²) in [6.07, 6.45) is 5.83. The number of hydrogen-bond donors (Lipinski definition) is 0. The predicted molar refractivity (Wildman–Crippen MR) is 123 cm³/mol. The van der Waals surface area contributed by atoms with Gasteiger partial charge in [-0.1, -0.05) is 54.6 Å². The Hall–Kier alpha value is -3.92. The molecule has 0 spiro atoms. The van der Waals surface area contributed by atoms with E-state index in [1.54, 1.807) is 9.13 Å². The van der Waals surface area contributed by atoms with Gasteiger partial charge in [0.1, 0.15) is 23.3 Å². The zero-order chi connectivity index (χ0) is 20.9. The van der Waals surface area contributed by atoms with Crippen molar-refractivity contribution in [1.82, 2.24) is 4.57 Å². The second-order valence-corrected chi connectivity index (χ2v) is 7.22. The number of aromatic nitrogens is 2. The minimum atomic E-state index is -0.113. The minimum absolute atomic E-state index is 0.113. The molecule has 0 fully saturated rings. The summed E-state index contributed by atoms with van der Waals surface area (Å²) in [5, 5.41) is 0. The van der Waals surface area contributed by atoms with E-state index in [4.69, 9.17) is 0 Å². The van der Waals surface area contributed by atoms with Gasteiger partial charge >= 0.3 is 5.69 Å². The molecule has 0 amide bonds. The van der Waals surface area contributed by atoms with Gasteiger partial charge in [-0.05, 0) is 48.0 Å². The predicted octanol–water partition coefficient (Wildman–Crippen LogP) is 4.35. The molecule has 4 rings (SSSR count). The number of benzene rings is 3. The van der Waals surface area contributed by atoms with Crippen LogP contribution in [0.4, 0.5) is 5.69 Å². The molecule has 4 heteroatoms. The van der Waals surface area contributed by atoms with Crippen molar-refractivity contribution in [3.63, 3.8) is 0 Å². The topological polar surface area (TPSA) is 29.1 Å². The second kappa shape index (κ2) is 8.62. The molecule has 0 N–H and O–H groups in total. The van der Waals surface area contributed by atoms with Crippen molar-refractivity contribution in [1.29, 1.82) is 0 Å². The number of rotatable bonds is 5. The van der Waals surface area contributed by atoms with E-state index in [1.807, 2.05) is 99.2 Å². The Balaban J connectivity index is 1.79. The van der Waals surface area contributed by atoms with Gasteiger partial charge < -0.3 is 4.90 Å². The SMILES string of the molecule is CN(C)c1ccc(C=Cc2cc[n+](-c3ccccc3)c(=O)n2-c2ccccc2)cc1. The molecule has 1 heterocycles. The van der Waals surface area contributed by atoms with Gasteiger partial charge in [0, 0.05) is 25.8 Å². The lowest BCUT2D eigenvalue weighted by atomic mass is 10.1. The molecule has 1 aromatic heterocycles. The third-order valence-electron chi connectivity index (χ3n) is 4.95. The van der Waals surface area contributed by atoms with Gasteiger partial charge in [-0.2, -0.15) is 13.9 Å². The highest BCUT2D eigenvalue weighted by Crippen LogP contribution is 2.15. The van der Waals surface area contributed by atoms with Crippen molar-refractivity contribution in [2.75, 3.05) is 19.0 Å². The van der Waals surface area contributed by atoms with Crippen LogP contribution in [-0.2, 0) is 0 Å². The van der Waals surface area contributed by atoms with Crippen LogP contribution in [0.25, 0.3) is 23.5 Å². The normalized spacial score (nSPS) is 11.0. The van der Waals surface area contributed by atoms with E-state index < -0.39 is 0 Å². The van der Waals surface area contributed by atoms with Gasteiger partial charge in [-0.15, -0.1) is 0 Å². The number of para-hydroxylation sites is 2. The van der Waals surface area contributed by atoms with Gasteiger partial charge in [0.05, 0.1) is 0 Å². The fraction of sp³-hybridized carbons (Fsp3) is 0.0769. The minimum Gasteiger partial charge on any atom is -0.378 e. The summed E-state index contributed by atoms with van der Waals surface area (Å²) in [6.45, 7) is 0. The molecule has 4 nitrogen and oxygen atoms in total. The lowest BCUT2D eigenvalue weighted by Gasteiger charge is -2.11. The van der Waals surface area contributed by atoms with Crippen molar-refractivity contribution in [3.8, 4) is 11.4 Å². The first-order chi connectivity index (χ1) is 14.6. The molecule has 0 saturated heterocycles. The average Bonchev–Trinajstić information content (AvgIpc) is 2.79. The lowest BCUT2D eigenvalue weighted by Crippen LogP contribution is -2.52. The largest absolute Gasteiger partial charge is 0.508 e. The summed E-state index contributed by atoms with van der Waals surface area (Å²) in [7, 11) is 4.05. The quantitative estimate of drug-likeness (QED) is 0.471. The fourth-order valence-electron chi connectivity index (χ4n) is 3.32. The van der Waals surface area contributed by atoms with Crippen molar-refractivity contribution < 1.29 is 4.57 Å². The highest BCUT2D eigenvalue weighted by Gasteiger charge is 2.18. The molecule has 0 aliphatic heterocycles. The Kier molecular flexibility index (Phi) is 5.57. The van der Waals surface area contributed by atoms with Crippen LogP contribution in [0, 0.1) is 0 Å². The molecule has 0 saturated carbocycles. The Morgan fingerprint density at radius 3 is 2.03 bits per heavy atom. The van der Waals surface area contributed by atoms with Crippen LogP contribution >= 0.6 is 0 Å². The third kappa shape index (κ3) is 4.08. The van der Waals surface area contributed by atoms with Gasteiger partial charge in [0.2, 0.25) is 0 Å². The summed E-state index contributed by atoms with van der Waals surface area (Å²) >= 11 is 0. The number of anilines is 1. The first-order valence-electron chi connectivity index (χ1n) is 9.87. The average molecular weight is 394 g/mol. The summed E-state index contributed by atoms with van der Waals surface area (Å²) in [5.41, 5.74) is 4.59. The second-order valence-electron chi connectivity index (χ2n) is 7.22. The van der Waals surface area contributed by atoms with Crippen molar-refractivity contribution >= 4 is 17.8 Å². The fourth-order valence-corrected chi connectivity index (χ4v) is 3.32. The Labute approximate surface area is 176 Å². The Bertz CT molecular complexity index is 1210. The molecular weight excluding hydrogens is 370 g/mol. The molecule has 0 bridgehead atoms. The smallest absolute Gasteiger partial charge is 0.378 e. The summed E-state index contributed by atoms with van der Waals surface area (Å²) in [5.74, 6) is 0. The van der Waals surface area contributed by atoms with Gasteiger partial charge in [0.25, 0.3) is 0 Å². The highest BCUT2D eigenvalue weighted by atomic mass is 16.1. The molecular formula is C26H24N3O+. The molecule has 0 unspecified atom stereocenters. The molecule has 0 radical (unpaired) electrons. The van der Waals surface area contributed by atoms with Crippen LogP contribution in [0.1, 0.15) is 11.3 Å². The first kappa shape index (κ1) is 19.4. The summed E-state index contributed by atoms with van der Waals surface area (Å²) < 4.78 is 3.40. The lowest BCUT2D eigenvalue weighted by molar-refractivity contribution is -0.616. The third-order valence-corrected chi connectivity index (χ3v) is 4.95. The standard InChI is InChI=1S/C26H24N3O/c1-27(2)22-16-13-21(14-17-22)15-18-25-19-20-28(23-9-5-3-6-10-23)26(30)29(25)24-11-7-4-8-12-24/h3-20H,1-2H3/q+1. The van der Waals surface area contributed by atoms with E-state index >= 15 is 0 Å². The molecule has 30 heavy (non-hydrogen) atoms. The molecule has 0 aliphatic rings. The highest BCUT2D eigenvalue weighted by molar-refractivity contribution is 5.69. The van der Waals surface area contributed by atoms with Gasteiger partial charge in [0.15, 0.2) is 0 Å². The zero-order valence-electron chi connectivity index (χ0n) is 17.1. The van der Waals surface area contributed by atoms with Crippen molar-refractivity contribution in [2.24, 2.45) is 0 Å². The van der Waals surface area contributed by atoms with E-state index in [2.05, 4.69) is 29.2 Å². The first-order valence-corrected chi connectivity index (χ1v) is 9.87. The Morgan fingerprint density at radius 1 is 0.767 bits per heavy atom. The van der Waals surface area contributed by atoms with Gasteiger partial charge in [-0.25, -0.2) is 0 Å². The summed E-state index contributed by atoms with van der Waals surface area (Å²) in [4.78, 5) is 15.5. The van der Waals surface area contributed by atoms with E-state index in [0.29, 0.717) is 0 Å². The monoisotopic (exact) mass is 394 g/mol. The maximum absolute atomic E-state index is 13.4. The maximum Gasteiger partial charge on any atom is 0.508 e. The van der Waals surface area contributed by atoms with E-state index in [-0.39, 0.29) is 5.69 Å².